The van der Waals surface area contributed by atoms with E-state index >= 15 is 0 Å². The van der Waals surface area contributed by atoms with E-state index in [1.807, 2.05) is 0 Å². The van der Waals surface area contributed by atoms with Gasteiger partial charge in [0, 0.05) is 5.92 Å². The van der Waals surface area contributed by atoms with Crippen molar-refractivity contribution in [3.8, 4) is 0 Å². The minimum absolute atomic E-state index is 0.0700. The summed E-state index contributed by atoms with van der Waals surface area (Å²) in [6, 6.07) is 0. The molecule has 0 bridgehead atoms. The standard InChI is InChI=1S/C17H29ClO/c1-2-13-7-9-14(10-8-13)11-12-15-5-3-4-6-16(15)17(18)19/h13-16H,2-12H2,1H3. The van der Waals surface area contributed by atoms with Crippen LogP contribution in [0.1, 0.15) is 77.6 Å². The Morgan fingerprint density at radius 1 is 0.947 bits per heavy atom. The summed E-state index contributed by atoms with van der Waals surface area (Å²) in [4.78, 5) is 11.5. The fourth-order valence-corrected chi connectivity index (χ4v) is 4.52. The first kappa shape index (κ1) is 15.4. The molecule has 2 saturated carbocycles. The third-order valence-electron chi connectivity index (χ3n) is 5.69. The van der Waals surface area contributed by atoms with Gasteiger partial charge in [-0.1, -0.05) is 58.3 Å². The van der Waals surface area contributed by atoms with Gasteiger partial charge in [-0.2, -0.15) is 0 Å². The number of hydrogen-bond donors (Lipinski definition) is 0. The molecule has 0 aromatic rings. The molecule has 0 saturated heterocycles. The molecule has 110 valence electrons. The molecular formula is C17H29ClO. The van der Waals surface area contributed by atoms with Gasteiger partial charge in [-0.15, -0.1) is 0 Å². The molecule has 0 aliphatic heterocycles. The van der Waals surface area contributed by atoms with Crippen LogP contribution in [0.3, 0.4) is 0 Å². The van der Waals surface area contributed by atoms with Gasteiger partial charge in [0.15, 0.2) is 0 Å². The fourth-order valence-electron chi connectivity index (χ4n) is 4.23. The highest BCUT2D eigenvalue weighted by Gasteiger charge is 2.30. The molecule has 2 fully saturated rings. The van der Waals surface area contributed by atoms with Gasteiger partial charge in [0.1, 0.15) is 0 Å². The van der Waals surface area contributed by atoms with Crippen LogP contribution in [-0.2, 0) is 4.79 Å². The minimum atomic E-state index is -0.0700. The van der Waals surface area contributed by atoms with E-state index in [2.05, 4.69) is 6.92 Å². The summed E-state index contributed by atoms with van der Waals surface area (Å²) in [5.74, 6) is 2.67. The van der Waals surface area contributed by atoms with Gasteiger partial charge < -0.3 is 0 Å². The summed E-state index contributed by atoms with van der Waals surface area (Å²) < 4.78 is 0. The minimum Gasteiger partial charge on any atom is -0.281 e. The first-order chi connectivity index (χ1) is 9.20. The van der Waals surface area contributed by atoms with Gasteiger partial charge in [-0.3, -0.25) is 4.79 Å². The first-order valence-electron chi connectivity index (χ1n) is 8.40. The maximum Gasteiger partial charge on any atom is 0.224 e. The second-order valence-corrected chi connectivity index (χ2v) is 7.20. The summed E-state index contributed by atoms with van der Waals surface area (Å²) in [5, 5.41) is -0.0700. The van der Waals surface area contributed by atoms with E-state index in [-0.39, 0.29) is 11.2 Å². The average Bonchev–Trinajstić information content (AvgIpc) is 2.46. The third kappa shape index (κ3) is 4.48. The quantitative estimate of drug-likeness (QED) is 0.605. The second-order valence-electron chi connectivity index (χ2n) is 6.83. The van der Waals surface area contributed by atoms with Gasteiger partial charge in [-0.25, -0.2) is 0 Å². The Morgan fingerprint density at radius 3 is 2.21 bits per heavy atom. The molecule has 0 radical (unpaired) electrons. The zero-order valence-corrected chi connectivity index (χ0v) is 13.1. The van der Waals surface area contributed by atoms with Gasteiger partial charge >= 0.3 is 0 Å². The van der Waals surface area contributed by atoms with E-state index in [1.165, 1.54) is 64.2 Å². The monoisotopic (exact) mass is 284 g/mol. The highest BCUT2D eigenvalue weighted by molar-refractivity contribution is 6.64. The summed E-state index contributed by atoms with van der Waals surface area (Å²) in [6.07, 6.45) is 14.4. The summed E-state index contributed by atoms with van der Waals surface area (Å²) in [7, 11) is 0. The molecule has 1 nitrogen and oxygen atoms in total. The normalized spacial score (nSPS) is 36.1. The summed E-state index contributed by atoms with van der Waals surface area (Å²) in [6.45, 7) is 2.32. The molecule has 2 heteroatoms. The lowest BCUT2D eigenvalue weighted by atomic mass is 9.73. The lowest BCUT2D eigenvalue weighted by molar-refractivity contribution is -0.117. The van der Waals surface area contributed by atoms with Crippen LogP contribution < -0.4 is 0 Å². The molecule has 19 heavy (non-hydrogen) atoms. The summed E-state index contributed by atoms with van der Waals surface area (Å²) >= 11 is 5.77. The topological polar surface area (TPSA) is 17.1 Å². The number of hydrogen-bond acceptors (Lipinski definition) is 1. The Bertz CT molecular complexity index is 281. The predicted molar refractivity (Wildman–Crippen MR) is 81.3 cm³/mol. The van der Waals surface area contributed by atoms with Gasteiger partial charge in [-0.05, 0) is 48.6 Å². The van der Waals surface area contributed by atoms with E-state index in [1.54, 1.807) is 0 Å². The molecule has 0 heterocycles. The van der Waals surface area contributed by atoms with Crippen molar-refractivity contribution in [2.75, 3.05) is 0 Å². The zero-order valence-electron chi connectivity index (χ0n) is 12.4. The molecule has 0 aromatic carbocycles. The van der Waals surface area contributed by atoms with Crippen molar-refractivity contribution in [3.63, 3.8) is 0 Å². The molecule has 0 amide bonds. The van der Waals surface area contributed by atoms with Crippen molar-refractivity contribution in [2.24, 2.45) is 23.7 Å². The van der Waals surface area contributed by atoms with Crippen LogP contribution in [0.2, 0.25) is 0 Å². The molecular weight excluding hydrogens is 256 g/mol. The van der Waals surface area contributed by atoms with E-state index in [0.29, 0.717) is 5.92 Å². The van der Waals surface area contributed by atoms with Crippen molar-refractivity contribution in [2.45, 2.75) is 77.6 Å². The van der Waals surface area contributed by atoms with E-state index in [4.69, 9.17) is 11.6 Å². The van der Waals surface area contributed by atoms with E-state index in [9.17, 15) is 4.79 Å². The van der Waals surface area contributed by atoms with Crippen LogP contribution >= 0.6 is 11.6 Å². The Kier molecular flexibility index (Phi) is 6.19. The average molecular weight is 285 g/mol. The molecule has 0 spiro atoms. The van der Waals surface area contributed by atoms with Crippen molar-refractivity contribution < 1.29 is 4.79 Å². The van der Waals surface area contributed by atoms with Crippen LogP contribution in [0.5, 0.6) is 0 Å². The smallest absolute Gasteiger partial charge is 0.224 e. The number of carbonyl (C=O) groups excluding carboxylic acids is 1. The largest absolute Gasteiger partial charge is 0.281 e. The van der Waals surface area contributed by atoms with Crippen molar-refractivity contribution in [1.82, 2.24) is 0 Å². The molecule has 2 rings (SSSR count). The predicted octanol–water partition coefficient (Wildman–Crippen LogP) is 5.55. The molecule has 2 unspecified atom stereocenters. The maximum atomic E-state index is 11.5. The summed E-state index contributed by atoms with van der Waals surface area (Å²) in [5.41, 5.74) is 0. The van der Waals surface area contributed by atoms with E-state index in [0.717, 1.165) is 18.3 Å². The Labute approximate surface area is 123 Å². The van der Waals surface area contributed by atoms with Crippen molar-refractivity contribution >= 4 is 16.8 Å². The lowest BCUT2D eigenvalue weighted by Gasteiger charge is -2.32. The van der Waals surface area contributed by atoms with Crippen LogP contribution in [0.25, 0.3) is 0 Å². The number of rotatable bonds is 5. The fraction of sp³-hybridized carbons (Fsp3) is 0.941. The number of carbonyl (C=O) groups is 1. The van der Waals surface area contributed by atoms with Crippen molar-refractivity contribution in [3.05, 3.63) is 0 Å². The van der Waals surface area contributed by atoms with Crippen LogP contribution in [0, 0.1) is 23.7 Å². The SMILES string of the molecule is CCC1CCC(CCC2CCCCC2C(=O)Cl)CC1. The third-order valence-corrected chi connectivity index (χ3v) is 5.97. The molecule has 2 atom stereocenters. The first-order valence-corrected chi connectivity index (χ1v) is 8.77. The molecule has 0 aromatic heterocycles. The van der Waals surface area contributed by atoms with E-state index < -0.39 is 0 Å². The molecule has 0 N–H and O–H groups in total. The highest BCUT2D eigenvalue weighted by Crippen LogP contribution is 2.38. The van der Waals surface area contributed by atoms with Crippen LogP contribution in [-0.4, -0.2) is 5.24 Å². The van der Waals surface area contributed by atoms with Gasteiger partial charge in [0.05, 0.1) is 0 Å². The Morgan fingerprint density at radius 2 is 1.58 bits per heavy atom. The van der Waals surface area contributed by atoms with Gasteiger partial charge in [0.25, 0.3) is 0 Å². The highest BCUT2D eigenvalue weighted by atomic mass is 35.5. The van der Waals surface area contributed by atoms with Crippen LogP contribution in [0.4, 0.5) is 0 Å². The molecule has 2 aliphatic rings. The maximum absolute atomic E-state index is 11.5. The van der Waals surface area contributed by atoms with Gasteiger partial charge in [0.2, 0.25) is 5.24 Å². The van der Waals surface area contributed by atoms with Crippen molar-refractivity contribution in [1.29, 1.82) is 0 Å². The lowest BCUT2D eigenvalue weighted by Crippen LogP contribution is -2.25. The number of halogens is 1. The Balaban J connectivity index is 1.73. The Hall–Kier alpha value is -0.0400. The molecule has 2 aliphatic carbocycles. The zero-order chi connectivity index (χ0) is 13.7. The van der Waals surface area contributed by atoms with Crippen LogP contribution in [0.15, 0.2) is 0 Å². The second kappa shape index (κ2) is 7.67.